The van der Waals surface area contributed by atoms with Crippen LogP contribution in [0.1, 0.15) is 41.5 Å². The average Bonchev–Trinajstić information content (AvgIpc) is 2.96. The zero-order chi connectivity index (χ0) is 24.4. The second-order valence-electron chi connectivity index (χ2n) is 11.7. The number of ether oxygens (including phenoxy) is 1. The van der Waals surface area contributed by atoms with E-state index in [4.69, 9.17) is 13.6 Å². The molecule has 4 unspecified atom stereocenters. The number of hydrogen-bond donors (Lipinski definition) is 0. The summed E-state index contributed by atoms with van der Waals surface area (Å²) < 4.78 is 21.8. The Morgan fingerprint density at radius 2 is 1.31 bits per heavy atom. The van der Waals surface area contributed by atoms with Crippen molar-refractivity contribution in [2.75, 3.05) is 0 Å². The summed E-state index contributed by atoms with van der Waals surface area (Å²) in [6, 6.07) is 10.6. The molecular weight excluding hydrogens is 495 g/mol. The summed E-state index contributed by atoms with van der Waals surface area (Å²) in [7, 11) is -4.05. The van der Waals surface area contributed by atoms with Crippen molar-refractivity contribution in [3.8, 4) is 0 Å². The minimum atomic E-state index is -2.03. The van der Waals surface area contributed by atoms with E-state index in [1.165, 1.54) is 4.46 Å². The Labute approximate surface area is 205 Å². The van der Waals surface area contributed by atoms with Crippen molar-refractivity contribution in [3.05, 3.63) is 54.0 Å². The number of benzene rings is 1. The molecule has 1 fully saturated rings. The van der Waals surface area contributed by atoms with E-state index in [0.717, 1.165) is 0 Å². The SMILES string of the molecule is C=CC1OC(/C=C/[Se]c2ccccc2)C(O[Si](C)(C)C(C)(C)C)C1O[Si](C)(C)C(C)(C)C. The Hall–Kier alpha value is -0.467. The molecule has 3 nitrogen and oxygen atoms in total. The standard InChI is InChI=1S/C26H44O3SeSi2/c1-12-21-23(28-31(8,9)25(2,3)4)24(29-32(10,11)26(5,6)7)22(27-21)18-19-30-20-16-14-13-15-17-20/h12-19,21-24H,1H2,2-11H3/b19-18+. The van der Waals surface area contributed by atoms with Crippen molar-refractivity contribution in [1.82, 2.24) is 0 Å². The summed E-state index contributed by atoms with van der Waals surface area (Å²) in [5.74, 6) is 0. The van der Waals surface area contributed by atoms with E-state index in [1.807, 2.05) is 6.08 Å². The molecule has 0 saturated carbocycles. The van der Waals surface area contributed by atoms with Crippen LogP contribution in [0.2, 0.25) is 36.3 Å². The Morgan fingerprint density at radius 1 is 0.844 bits per heavy atom. The maximum atomic E-state index is 7.00. The van der Waals surface area contributed by atoms with Gasteiger partial charge >= 0.3 is 206 Å². The van der Waals surface area contributed by atoms with E-state index >= 15 is 0 Å². The average molecular weight is 540 g/mol. The molecule has 2 rings (SSSR count). The van der Waals surface area contributed by atoms with Crippen LogP contribution < -0.4 is 4.46 Å². The van der Waals surface area contributed by atoms with Crippen LogP contribution in [0.25, 0.3) is 0 Å². The van der Waals surface area contributed by atoms with Gasteiger partial charge in [-0.05, 0) is 0 Å². The Balaban J connectivity index is 2.35. The molecule has 0 amide bonds. The summed E-state index contributed by atoms with van der Waals surface area (Å²) >= 11 is 0.258. The molecule has 0 N–H and O–H groups in total. The van der Waals surface area contributed by atoms with Crippen molar-refractivity contribution in [1.29, 1.82) is 0 Å². The third-order valence-electron chi connectivity index (χ3n) is 7.21. The number of hydrogen-bond acceptors (Lipinski definition) is 3. The summed E-state index contributed by atoms with van der Waals surface area (Å²) in [4.78, 5) is 2.27. The molecular formula is C26H44O3SeSi2. The third kappa shape index (κ3) is 6.78. The Morgan fingerprint density at radius 3 is 1.75 bits per heavy atom. The first-order valence-corrected chi connectivity index (χ1v) is 19.3. The van der Waals surface area contributed by atoms with E-state index in [1.54, 1.807) is 0 Å². The van der Waals surface area contributed by atoms with Gasteiger partial charge in [0, 0.05) is 0 Å². The Kier molecular flexibility index (Phi) is 9.05. The summed E-state index contributed by atoms with van der Waals surface area (Å²) in [5, 5.41) is 0.230. The summed E-state index contributed by atoms with van der Waals surface area (Å²) in [6.45, 7) is 27.0. The van der Waals surface area contributed by atoms with E-state index in [-0.39, 0.29) is 49.4 Å². The van der Waals surface area contributed by atoms with Gasteiger partial charge in [0.15, 0.2) is 0 Å². The monoisotopic (exact) mass is 540 g/mol. The normalized spacial score (nSPS) is 25.4. The van der Waals surface area contributed by atoms with Crippen LogP contribution in [0.15, 0.2) is 54.0 Å². The van der Waals surface area contributed by atoms with Crippen LogP contribution in [-0.4, -0.2) is 56.0 Å². The molecule has 0 aromatic heterocycles. The van der Waals surface area contributed by atoms with Gasteiger partial charge in [-0.25, -0.2) is 0 Å². The van der Waals surface area contributed by atoms with Gasteiger partial charge in [0.25, 0.3) is 0 Å². The summed E-state index contributed by atoms with van der Waals surface area (Å²) in [5.41, 5.74) is 0. The molecule has 1 aliphatic rings. The first-order chi connectivity index (χ1) is 14.6. The topological polar surface area (TPSA) is 27.7 Å². The van der Waals surface area contributed by atoms with Crippen molar-refractivity contribution in [2.24, 2.45) is 0 Å². The van der Waals surface area contributed by atoms with Crippen molar-refractivity contribution < 1.29 is 13.6 Å². The second-order valence-corrected chi connectivity index (χ2v) is 23.3. The fourth-order valence-electron chi connectivity index (χ4n) is 3.05. The quantitative estimate of drug-likeness (QED) is 0.288. The van der Waals surface area contributed by atoms with Crippen LogP contribution in [0.5, 0.6) is 0 Å². The zero-order valence-electron chi connectivity index (χ0n) is 21.8. The van der Waals surface area contributed by atoms with Gasteiger partial charge in [0.2, 0.25) is 0 Å². The first kappa shape index (κ1) is 27.8. The molecule has 0 bridgehead atoms. The van der Waals surface area contributed by atoms with Crippen LogP contribution >= 0.6 is 0 Å². The molecule has 4 atom stereocenters. The predicted molar refractivity (Wildman–Crippen MR) is 144 cm³/mol. The van der Waals surface area contributed by atoms with Gasteiger partial charge in [0.1, 0.15) is 0 Å². The molecule has 0 spiro atoms. The van der Waals surface area contributed by atoms with Gasteiger partial charge in [-0.15, -0.1) is 0 Å². The van der Waals surface area contributed by atoms with E-state index < -0.39 is 16.6 Å². The van der Waals surface area contributed by atoms with Crippen molar-refractivity contribution >= 4 is 36.1 Å². The molecule has 1 aromatic rings. The van der Waals surface area contributed by atoms with Gasteiger partial charge in [-0.1, -0.05) is 0 Å². The molecule has 180 valence electrons. The van der Waals surface area contributed by atoms with Gasteiger partial charge < -0.3 is 0 Å². The molecule has 0 radical (unpaired) electrons. The van der Waals surface area contributed by atoms with E-state index in [2.05, 4.69) is 116 Å². The Bertz CT molecular complexity index is 779. The predicted octanol–water partition coefficient (Wildman–Crippen LogP) is 6.26. The summed E-state index contributed by atoms with van der Waals surface area (Å²) in [6.07, 6.45) is 3.54. The number of rotatable bonds is 8. The molecule has 1 aromatic carbocycles. The van der Waals surface area contributed by atoms with Crippen LogP contribution in [-0.2, 0) is 13.6 Å². The molecule has 1 heterocycles. The third-order valence-corrected chi connectivity index (χ3v) is 17.9. The molecule has 6 heteroatoms. The molecule has 0 aliphatic carbocycles. The van der Waals surface area contributed by atoms with E-state index in [0.29, 0.717) is 0 Å². The fraction of sp³-hybridized carbons (Fsp3) is 0.615. The molecule has 1 aliphatic heterocycles. The van der Waals surface area contributed by atoms with Crippen LogP contribution in [0.3, 0.4) is 0 Å². The van der Waals surface area contributed by atoms with Gasteiger partial charge in [-0.2, -0.15) is 0 Å². The maximum absolute atomic E-state index is 7.00. The van der Waals surface area contributed by atoms with E-state index in [9.17, 15) is 0 Å². The van der Waals surface area contributed by atoms with Gasteiger partial charge in [-0.3, -0.25) is 0 Å². The molecule has 32 heavy (non-hydrogen) atoms. The van der Waals surface area contributed by atoms with Crippen molar-refractivity contribution in [3.63, 3.8) is 0 Å². The first-order valence-electron chi connectivity index (χ1n) is 11.6. The second kappa shape index (κ2) is 10.4. The van der Waals surface area contributed by atoms with Crippen LogP contribution in [0, 0.1) is 0 Å². The van der Waals surface area contributed by atoms with Gasteiger partial charge in [0.05, 0.1) is 0 Å². The zero-order valence-corrected chi connectivity index (χ0v) is 25.5. The van der Waals surface area contributed by atoms with Crippen LogP contribution in [0.4, 0.5) is 0 Å². The molecule has 1 saturated heterocycles. The fourth-order valence-corrected chi connectivity index (χ4v) is 7.13. The minimum absolute atomic E-state index is 0.114. The van der Waals surface area contributed by atoms with Crippen molar-refractivity contribution in [2.45, 2.75) is 102 Å².